The van der Waals surface area contributed by atoms with Gasteiger partial charge in [0, 0.05) is 12.0 Å². The van der Waals surface area contributed by atoms with Gasteiger partial charge in [0.05, 0.1) is 6.04 Å². The summed E-state index contributed by atoms with van der Waals surface area (Å²) in [5.41, 5.74) is 3.47. The van der Waals surface area contributed by atoms with Crippen LogP contribution in [0, 0.1) is 0 Å². The first-order chi connectivity index (χ1) is 13.4. The monoisotopic (exact) mass is 379 g/mol. The topological polar surface area (TPSA) is 47.6 Å². The third kappa shape index (κ3) is 4.01. The van der Waals surface area contributed by atoms with E-state index in [1.807, 2.05) is 37.3 Å². The van der Waals surface area contributed by atoms with E-state index in [2.05, 4.69) is 31.3 Å². The van der Waals surface area contributed by atoms with Gasteiger partial charge in [-0.2, -0.15) is 0 Å². The Bertz CT molecular complexity index is 874. The molecule has 1 N–H and O–H groups in total. The normalized spacial score (nSPS) is 20.9. The molecule has 2 unspecified atom stereocenters. The maximum atomic E-state index is 12.8. The zero-order chi connectivity index (χ0) is 19.7. The Hall–Kier alpha value is -2.49. The summed E-state index contributed by atoms with van der Waals surface area (Å²) in [5.74, 6) is 1.51. The van der Waals surface area contributed by atoms with Crippen molar-refractivity contribution in [2.24, 2.45) is 0 Å². The molecule has 4 heteroatoms. The highest BCUT2D eigenvalue weighted by molar-refractivity contribution is 5.81. The van der Waals surface area contributed by atoms with Crippen molar-refractivity contribution >= 4 is 5.91 Å². The highest BCUT2D eigenvalue weighted by Gasteiger charge is 2.35. The van der Waals surface area contributed by atoms with E-state index in [4.69, 9.17) is 9.47 Å². The van der Waals surface area contributed by atoms with Crippen LogP contribution in [-0.2, 0) is 17.6 Å². The van der Waals surface area contributed by atoms with Gasteiger partial charge in [0.2, 0.25) is 0 Å². The maximum absolute atomic E-state index is 12.8. The maximum Gasteiger partial charge on any atom is 0.261 e. The van der Waals surface area contributed by atoms with Gasteiger partial charge in [-0.25, -0.2) is 0 Å². The molecule has 2 atom stereocenters. The molecule has 0 radical (unpaired) electrons. The Balaban J connectivity index is 1.45. The van der Waals surface area contributed by atoms with Crippen molar-refractivity contribution in [1.82, 2.24) is 5.32 Å². The first-order valence-electron chi connectivity index (χ1n) is 10.3. The second kappa shape index (κ2) is 7.50. The van der Waals surface area contributed by atoms with Gasteiger partial charge in [-0.15, -0.1) is 0 Å². The van der Waals surface area contributed by atoms with Gasteiger partial charge >= 0.3 is 0 Å². The van der Waals surface area contributed by atoms with Crippen LogP contribution < -0.4 is 14.8 Å². The van der Waals surface area contributed by atoms with Crippen LogP contribution in [0.2, 0.25) is 0 Å². The molecule has 4 nitrogen and oxygen atoms in total. The molecular weight excluding hydrogens is 350 g/mol. The van der Waals surface area contributed by atoms with E-state index in [0.29, 0.717) is 0 Å². The summed E-state index contributed by atoms with van der Waals surface area (Å²) in [6.45, 7) is 5.91. The van der Waals surface area contributed by atoms with Gasteiger partial charge in [0.25, 0.3) is 5.91 Å². The lowest BCUT2D eigenvalue weighted by Crippen LogP contribution is -2.44. The molecule has 4 rings (SSSR count). The van der Waals surface area contributed by atoms with Crippen LogP contribution in [0.15, 0.2) is 42.5 Å². The fourth-order valence-corrected chi connectivity index (χ4v) is 4.26. The van der Waals surface area contributed by atoms with Gasteiger partial charge in [-0.3, -0.25) is 4.79 Å². The SMILES string of the molecule is CC(Oc1ccc2c(c1)CCCC2)C(=O)NC1CC(C)(C)Oc2ccccc21. The second-order valence-electron chi connectivity index (χ2n) is 8.56. The average Bonchev–Trinajstić information content (AvgIpc) is 2.67. The molecule has 1 aliphatic heterocycles. The minimum Gasteiger partial charge on any atom is -0.487 e. The number of fused-ring (bicyclic) bond motifs is 2. The van der Waals surface area contributed by atoms with E-state index in [0.717, 1.165) is 36.3 Å². The number of benzene rings is 2. The smallest absolute Gasteiger partial charge is 0.261 e. The minimum absolute atomic E-state index is 0.0815. The summed E-state index contributed by atoms with van der Waals surface area (Å²) >= 11 is 0. The predicted molar refractivity (Wildman–Crippen MR) is 110 cm³/mol. The number of carbonyl (C=O) groups excluding carboxylic acids is 1. The number of ether oxygens (including phenoxy) is 2. The Labute approximate surface area is 167 Å². The Morgan fingerprint density at radius 2 is 1.89 bits per heavy atom. The van der Waals surface area contributed by atoms with E-state index < -0.39 is 6.10 Å². The summed E-state index contributed by atoms with van der Waals surface area (Å²) in [5, 5.41) is 3.17. The van der Waals surface area contributed by atoms with Crippen LogP contribution in [-0.4, -0.2) is 17.6 Å². The van der Waals surface area contributed by atoms with Crippen LogP contribution in [0.5, 0.6) is 11.5 Å². The zero-order valence-corrected chi connectivity index (χ0v) is 17.0. The van der Waals surface area contributed by atoms with Crippen LogP contribution in [0.4, 0.5) is 0 Å². The molecule has 2 aromatic carbocycles. The third-order valence-electron chi connectivity index (χ3n) is 5.69. The molecule has 0 fully saturated rings. The minimum atomic E-state index is -0.556. The van der Waals surface area contributed by atoms with Crippen molar-refractivity contribution < 1.29 is 14.3 Å². The molecule has 1 heterocycles. The molecule has 0 spiro atoms. The summed E-state index contributed by atoms with van der Waals surface area (Å²) in [6.07, 6.45) is 4.90. The molecule has 2 aliphatic rings. The largest absolute Gasteiger partial charge is 0.487 e. The molecule has 28 heavy (non-hydrogen) atoms. The quantitative estimate of drug-likeness (QED) is 0.834. The third-order valence-corrected chi connectivity index (χ3v) is 5.69. The van der Waals surface area contributed by atoms with Gasteiger partial charge in [0.1, 0.15) is 17.1 Å². The van der Waals surface area contributed by atoms with Crippen molar-refractivity contribution in [2.45, 2.75) is 70.6 Å². The van der Waals surface area contributed by atoms with Gasteiger partial charge in [-0.05, 0) is 75.8 Å². The lowest BCUT2D eigenvalue weighted by molar-refractivity contribution is -0.128. The fraction of sp³-hybridized carbons (Fsp3) is 0.458. The standard InChI is InChI=1S/C24H29NO3/c1-16(27-19-13-12-17-8-4-5-9-18(17)14-19)23(26)25-21-15-24(2,3)28-22-11-7-6-10-20(21)22/h6-7,10-14,16,21H,4-5,8-9,15H2,1-3H3,(H,25,26). The molecule has 0 aromatic heterocycles. The number of aryl methyl sites for hydroxylation is 2. The van der Waals surface area contributed by atoms with Gasteiger partial charge in [-0.1, -0.05) is 24.3 Å². The zero-order valence-electron chi connectivity index (χ0n) is 17.0. The first kappa shape index (κ1) is 18.9. The summed E-state index contributed by atoms with van der Waals surface area (Å²) < 4.78 is 12.0. The lowest BCUT2D eigenvalue weighted by Gasteiger charge is -2.38. The van der Waals surface area contributed by atoms with E-state index in [1.165, 1.54) is 24.0 Å². The van der Waals surface area contributed by atoms with E-state index >= 15 is 0 Å². The van der Waals surface area contributed by atoms with E-state index in [9.17, 15) is 4.79 Å². The first-order valence-corrected chi connectivity index (χ1v) is 10.3. The van der Waals surface area contributed by atoms with Crippen molar-refractivity contribution in [3.8, 4) is 11.5 Å². The number of hydrogen-bond donors (Lipinski definition) is 1. The Morgan fingerprint density at radius 3 is 2.71 bits per heavy atom. The summed E-state index contributed by atoms with van der Waals surface area (Å²) in [6, 6.07) is 14.1. The molecule has 0 bridgehead atoms. The van der Waals surface area contributed by atoms with Crippen LogP contribution in [0.25, 0.3) is 0 Å². The van der Waals surface area contributed by atoms with Crippen LogP contribution in [0.1, 0.15) is 62.8 Å². The highest BCUT2D eigenvalue weighted by Crippen LogP contribution is 2.39. The Morgan fingerprint density at radius 1 is 1.14 bits per heavy atom. The second-order valence-corrected chi connectivity index (χ2v) is 8.56. The van der Waals surface area contributed by atoms with Crippen molar-refractivity contribution in [1.29, 1.82) is 0 Å². The molecule has 148 valence electrons. The van der Waals surface area contributed by atoms with Gasteiger partial charge in [0.15, 0.2) is 6.10 Å². The number of hydrogen-bond acceptors (Lipinski definition) is 3. The summed E-state index contributed by atoms with van der Waals surface area (Å²) in [7, 11) is 0. The Kier molecular flexibility index (Phi) is 5.05. The number of amides is 1. The molecule has 2 aromatic rings. The van der Waals surface area contributed by atoms with Crippen molar-refractivity contribution in [3.05, 3.63) is 59.2 Å². The fourth-order valence-electron chi connectivity index (χ4n) is 4.26. The molecule has 0 saturated heterocycles. The van der Waals surface area contributed by atoms with Gasteiger partial charge < -0.3 is 14.8 Å². The molecule has 0 saturated carbocycles. The van der Waals surface area contributed by atoms with E-state index in [1.54, 1.807) is 0 Å². The highest BCUT2D eigenvalue weighted by atomic mass is 16.5. The lowest BCUT2D eigenvalue weighted by atomic mass is 9.89. The predicted octanol–water partition coefficient (Wildman–Crippen LogP) is 4.75. The average molecular weight is 380 g/mol. The number of carbonyl (C=O) groups is 1. The number of rotatable bonds is 4. The van der Waals surface area contributed by atoms with E-state index in [-0.39, 0.29) is 17.6 Å². The molecule has 1 amide bonds. The molecular formula is C24H29NO3. The van der Waals surface area contributed by atoms with Crippen LogP contribution in [0.3, 0.4) is 0 Å². The summed E-state index contributed by atoms with van der Waals surface area (Å²) in [4.78, 5) is 12.8. The number of para-hydroxylation sites is 1. The number of nitrogens with one attached hydrogen (secondary N) is 1. The van der Waals surface area contributed by atoms with Crippen molar-refractivity contribution in [2.75, 3.05) is 0 Å². The van der Waals surface area contributed by atoms with Crippen LogP contribution >= 0.6 is 0 Å². The molecule has 1 aliphatic carbocycles. The van der Waals surface area contributed by atoms with Crippen molar-refractivity contribution in [3.63, 3.8) is 0 Å².